The van der Waals surface area contributed by atoms with Gasteiger partial charge in [-0.05, 0) is 18.1 Å². The quantitative estimate of drug-likeness (QED) is 0.396. The van der Waals surface area contributed by atoms with E-state index in [-0.39, 0.29) is 0 Å². The summed E-state index contributed by atoms with van der Waals surface area (Å²) in [7, 11) is 2.01. The lowest BCUT2D eigenvalue weighted by atomic mass is 9.99. The van der Waals surface area contributed by atoms with Crippen molar-refractivity contribution in [3.8, 4) is 22.4 Å². The van der Waals surface area contributed by atoms with Crippen LogP contribution in [0.4, 0.5) is 0 Å². The van der Waals surface area contributed by atoms with Crippen LogP contribution in [0.25, 0.3) is 44.3 Å². The third-order valence-corrected chi connectivity index (χ3v) is 5.15. The Bertz CT molecular complexity index is 1290. The molecule has 0 fully saturated rings. The van der Waals surface area contributed by atoms with Crippen LogP contribution in [0.1, 0.15) is 5.56 Å². The van der Waals surface area contributed by atoms with Crippen molar-refractivity contribution in [2.45, 2.75) is 6.92 Å². The Morgan fingerprint density at radius 2 is 1.63 bits per heavy atom. The van der Waals surface area contributed by atoms with Crippen LogP contribution in [0, 0.1) is 6.92 Å². The number of hydrogen-bond acceptors (Lipinski definition) is 2. The molecule has 0 atom stereocenters. The molecule has 0 spiro atoms. The number of nitrogens with zero attached hydrogens (tertiary/aromatic N) is 2. The first-order chi connectivity index (χ1) is 13.2. The number of fused-ring (bicyclic) bond motifs is 3. The highest BCUT2D eigenvalue weighted by molar-refractivity contribution is 6.13. The first kappa shape index (κ1) is 15.8. The largest absolute Gasteiger partial charge is 0.455 e. The fourth-order valence-corrected chi connectivity index (χ4v) is 3.82. The second-order valence-corrected chi connectivity index (χ2v) is 6.86. The summed E-state index contributed by atoms with van der Waals surface area (Å²) in [4.78, 5) is 4.21. The van der Waals surface area contributed by atoms with E-state index in [1.54, 1.807) is 0 Å². The van der Waals surface area contributed by atoms with Crippen LogP contribution in [0.5, 0.6) is 0 Å². The van der Waals surface area contributed by atoms with Crippen LogP contribution in [-0.4, -0.2) is 4.98 Å². The molecule has 2 aromatic heterocycles. The van der Waals surface area contributed by atoms with Crippen molar-refractivity contribution in [2.75, 3.05) is 0 Å². The summed E-state index contributed by atoms with van der Waals surface area (Å²) in [6, 6.07) is 23.1. The molecule has 3 heteroatoms. The average Bonchev–Trinajstić information content (AvgIpc) is 3.08. The normalized spacial score (nSPS) is 11.3. The molecule has 0 aliphatic carbocycles. The minimum atomic E-state index is 0.926. The molecule has 2 heterocycles. The van der Waals surface area contributed by atoms with Gasteiger partial charge in [0.2, 0.25) is 0 Å². The van der Waals surface area contributed by atoms with Gasteiger partial charge in [0.1, 0.15) is 23.1 Å². The predicted molar refractivity (Wildman–Crippen MR) is 108 cm³/mol. The van der Waals surface area contributed by atoms with Crippen LogP contribution in [-0.2, 0) is 7.05 Å². The number of furan rings is 1. The number of aromatic nitrogens is 2. The lowest BCUT2D eigenvalue weighted by Gasteiger charge is -2.06. The maximum absolute atomic E-state index is 6.53. The van der Waals surface area contributed by atoms with Gasteiger partial charge < -0.3 is 4.42 Å². The van der Waals surface area contributed by atoms with Gasteiger partial charge >= 0.3 is 0 Å². The van der Waals surface area contributed by atoms with Crippen LogP contribution < -0.4 is 4.57 Å². The molecular weight excluding hydrogens is 332 g/mol. The zero-order chi connectivity index (χ0) is 18.4. The molecule has 0 saturated carbocycles. The number of benzene rings is 3. The fraction of sp³-hybridized carbons (Fsp3) is 0.0833. The Kier molecular flexibility index (Phi) is 3.54. The minimum Gasteiger partial charge on any atom is -0.455 e. The molecule has 0 radical (unpaired) electrons. The summed E-state index contributed by atoms with van der Waals surface area (Å²) in [5.74, 6) is 0. The standard InChI is InChI=1S/C24H19N2O/c1-16-11-12-20-19-10-6-9-18(17-7-4-3-5-8-17)23(19)27-24(20)22(16)21-13-14-25-15-26(21)2/h3-15H,1-2H3/q+1. The maximum Gasteiger partial charge on any atom is 0.286 e. The summed E-state index contributed by atoms with van der Waals surface area (Å²) in [6.45, 7) is 2.13. The molecule has 3 nitrogen and oxygen atoms in total. The van der Waals surface area contributed by atoms with Gasteiger partial charge in [0.15, 0.2) is 0 Å². The second kappa shape index (κ2) is 6.06. The monoisotopic (exact) mass is 351 g/mol. The van der Waals surface area contributed by atoms with E-state index in [4.69, 9.17) is 4.42 Å². The zero-order valence-corrected chi connectivity index (χ0v) is 15.3. The molecule has 0 saturated heterocycles. The number of rotatable bonds is 2. The molecule has 3 aromatic carbocycles. The van der Waals surface area contributed by atoms with Gasteiger partial charge in [-0.2, -0.15) is 0 Å². The van der Waals surface area contributed by atoms with Crippen molar-refractivity contribution in [1.82, 2.24) is 4.98 Å². The van der Waals surface area contributed by atoms with Gasteiger partial charge in [-0.1, -0.05) is 65.6 Å². The Morgan fingerprint density at radius 3 is 2.44 bits per heavy atom. The first-order valence-electron chi connectivity index (χ1n) is 9.04. The van der Waals surface area contributed by atoms with Crippen LogP contribution >= 0.6 is 0 Å². The second-order valence-electron chi connectivity index (χ2n) is 6.86. The topological polar surface area (TPSA) is 29.9 Å². The number of para-hydroxylation sites is 1. The van der Waals surface area contributed by atoms with Gasteiger partial charge in [-0.25, -0.2) is 4.57 Å². The van der Waals surface area contributed by atoms with Gasteiger partial charge in [0, 0.05) is 22.4 Å². The molecule has 5 rings (SSSR count). The Labute approximate surface area is 157 Å². The molecule has 5 aromatic rings. The predicted octanol–water partition coefficient (Wildman–Crippen LogP) is 5.45. The highest BCUT2D eigenvalue weighted by Gasteiger charge is 2.19. The summed E-state index contributed by atoms with van der Waals surface area (Å²) >= 11 is 0. The van der Waals surface area contributed by atoms with Crippen molar-refractivity contribution in [3.05, 3.63) is 84.8 Å². The molecule has 0 bridgehead atoms. The third-order valence-electron chi connectivity index (χ3n) is 5.15. The minimum absolute atomic E-state index is 0.926. The van der Waals surface area contributed by atoms with E-state index >= 15 is 0 Å². The van der Waals surface area contributed by atoms with Gasteiger partial charge in [-0.15, -0.1) is 0 Å². The highest BCUT2D eigenvalue weighted by Crippen LogP contribution is 2.40. The molecule has 0 aliphatic heterocycles. The van der Waals surface area contributed by atoms with Crippen molar-refractivity contribution in [2.24, 2.45) is 7.05 Å². The van der Waals surface area contributed by atoms with Crippen LogP contribution in [0.3, 0.4) is 0 Å². The van der Waals surface area contributed by atoms with Crippen LogP contribution in [0.2, 0.25) is 0 Å². The molecule has 0 amide bonds. The zero-order valence-electron chi connectivity index (χ0n) is 15.3. The molecular formula is C24H19N2O+. The summed E-state index contributed by atoms with van der Waals surface area (Å²) in [5, 5.41) is 2.28. The number of aryl methyl sites for hydroxylation is 2. The first-order valence-corrected chi connectivity index (χ1v) is 9.04. The third kappa shape index (κ3) is 2.43. The van der Waals surface area contributed by atoms with Crippen molar-refractivity contribution < 1.29 is 8.98 Å². The van der Waals surface area contributed by atoms with E-state index in [0.717, 1.165) is 44.3 Å². The van der Waals surface area contributed by atoms with E-state index in [1.165, 1.54) is 5.56 Å². The Morgan fingerprint density at radius 1 is 0.815 bits per heavy atom. The molecule has 0 N–H and O–H groups in total. The van der Waals surface area contributed by atoms with E-state index in [2.05, 4.69) is 66.5 Å². The summed E-state index contributed by atoms with van der Waals surface area (Å²) < 4.78 is 8.56. The van der Waals surface area contributed by atoms with Gasteiger partial charge in [0.05, 0.1) is 12.6 Å². The van der Waals surface area contributed by atoms with E-state index in [0.29, 0.717) is 0 Å². The summed E-state index contributed by atoms with van der Waals surface area (Å²) in [5.41, 5.74) is 7.53. The SMILES string of the molecule is Cc1ccc2c(oc3c(-c4ccccc4)cccc32)c1-c1ccnc[n+]1C. The maximum atomic E-state index is 6.53. The summed E-state index contributed by atoms with van der Waals surface area (Å²) in [6.07, 6.45) is 3.65. The van der Waals surface area contributed by atoms with Crippen LogP contribution in [0.15, 0.2) is 83.7 Å². The molecule has 0 aliphatic rings. The van der Waals surface area contributed by atoms with Gasteiger partial charge in [-0.3, -0.25) is 0 Å². The Hall–Kier alpha value is -3.46. The van der Waals surface area contributed by atoms with Crippen molar-refractivity contribution in [1.29, 1.82) is 0 Å². The lowest BCUT2D eigenvalue weighted by Crippen LogP contribution is -2.31. The van der Waals surface area contributed by atoms with Gasteiger partial charge in [0.25, 0.3) is 6.33 Å². The van der Waals surface area contributed by atoms with E-state index in [9.17, 15) is 0 Å². The molecule has 27 heavy (non-hydrogen) atoms. The van der Waals surface area contributed by atoms with E-state index in [1.807, 2.05) is 36.3 Å². The molecule has 0 unspecified atom stereocenters. The van der Waals surface area contributed by atoms with E-state index < -0.39 is 0 Å². The lowest BCUT2D eigenvalue weighted by molar-refractivity contribution is -0.663. The number of hydrogen-bond donors (Lipinski definition) is 0. The average molecular weight is 351 g/mol. The molecule has 130 valence electrons. The fourth-order valence-electron chi connectivity index (χ4n) is 3.82. The smallest absolute Gasteiger partial charge is 0.286 e. The van der Waals surface area contributed by atoms with Crippen molar-refractivity contribution in [3.63, 3.8) is 0 Å². The Balaban J connectivity index is 1.89. The van der Waals surface area contributed by atoms with Crippen molar-refractivity contribution >= 4 is 21.9 Å². The highest BCUT2D eigenvalue weighted by atomic mass is 16.3.